The Kier molecular flexibility index (Phi) is 3.52. The van der Waals surface area contributed by atoms with E-state index in [-0.39, 0.29) is 0 Å². The van der Waals surface area contributed by atoms with Gasteiger partial charge in [0, 0.05) is 6.54 Å². The first-order valence-corrected chi connectivity index (χ1v) is 6.05. The van der Waals surface area contributed by atoms with Crippen LogP contribution in [-0.4, -0.2) is 11.5 Å². The Labute approximate surface area is 101 Å². The third-order valence-corrected chi connectivity index (χ3v) is 2.68. The molecule has 0 saturated carbocycles. The van der Waals surface area contributed by atoms with Gasteiger partial charge in [-0.2, -0.15) is 4.98 Å². The fraction of sp³-hybridized carbons (Fsp3) is 0.462. The molecule has 2 rings (SSSR count). The SMILES string of the molecule is CC(C)CCCNc1nc2c(N)cccc2o1. The quantitative estimate of drug-likeness (QED) is 0.614. The molecule has 0 amide bonds. The standard InChI is InChI=1S/C13H19N3O/c1-9(2)5-4-8-15-13-16-12-10(14)6-3-7-11(12)17-13/h3,6-7,9H,4-5,8,14H2,1-2H3,(H,15,16). The van der Waals surface area contributed by atoms with E-state index in [1.165, 1.54) is 6.42 Å². The highest BCUT2D eigenvalue weighted by molar-refractivity contribution is 5.86. The van der Waals surface area contributed by atoms with Crippen molar-refractivity contribution in [2.75, 3.05) is 17.6 Å². The first-order valence-electron chi connectivity index (χ1n) is 6.05. The highest BCUT2D eigenvalue weighted by atomic mass is 16.4. The van der Waals surface area contributed by atoms with Gasteiger partial charge in [-0.05, 0) is 30.9 Å². The summed E-state index contributed by atoms with van der Waals surface area (Å²) in [6.07, 6.45) is 2.32. The molecular weight excluding hydrogens is 214 g/mol. The van der Waals surface area contributed by atoms with E-state index < -0.39 is 0 Å². The Balaban J connectivity index is 1.98. The Hall–Kier alpha value is -1.71. The lowest BCUT2D eigenvalue weighted by Gasteiger charge is -2.03. The van der Waals surface area contributed by atoms with Gasteiger partial charge in [0.25, 0.3) is 6.01 Å². The molecule has 1 heterocycles. The number of rotatable bonds is 5. The number of nitrogens with zero attached hydrogens (tertiary/aromatic N) is 1. The molecule has 0 bridgehead atoms. The third kappa shape index (κ3) is 2.90. The van der Waals surface area contributed by atoms with Gasteiger partial charge in [-0.15, -0.1) is 0 Å². The molecule has 4 heteroatoms. The Morgan fingerprint density at radius 2 is 2.24 bits per heavy atom. The van der Waals surface area contributed by atoms with Gasteiger partial charge < -0.3 is 15.5 Å². The average molecular weight is 233 g/mol. The lowest BCUT2D eigenvalue weighted by atomic mass is 10.1. The van der Waals surface area contributed by atoms with E-state index in [2.05, 4.69) is 24.1 Å². The largest absolute Gasteiger partial charge is 0.423 e. The lowest BCUT2D eigenvalue weighted by Crippen LogP contribution is -2.03. The molecule has 2 aromatic rings. The molecule has 0 fully saturated rings. The first kappa shape index (κ1) is 11.8. The lowest BCUT2D eigenvalue weighted by molar-refractivity contribution is 0.557. The van der Waals surface area contributed by atoms with Crippen molar-refractivity contribution in [3.05, 3.63) is 18.2 Å². The van der Waals surface area contributed by atoms with Crippen LogP contribution in [0.3, 0.4) is 0 Å². The number of nitrogens with one attached hydrogen (secondary N) is 1. The number of oxazole rings is 1. The number of para-hydroxylation sites is 1. The molecule has 0 spiro atoms. The molecule has 0 saturated heterocycles. The molecule has 0 atom stereocenters. The van der Waals surface area contributed by atoms with Crippen LogP contribution in [0.15, 0.2) is 22.6 Å². The number of anilines is 2. The van der Waals surface area contributed by atoms with Crippen LogP contribution in [0.4, 0.5) is 11.7 Å². The van der Waals surface area contributed by atoms with Gasteiger partial charge in [0.15, 0.2) is 5.58 Å². The number of aromatic nitrogens is 1. The second-order valence-electron chi connectivity index (χ2n) is 4.68. The van der Waals surface area contributed by atoms with E-state index >= 15 is 0 Å². The molecule has 0 aliphatic carbocycles. The Morgan fingerprint density at radius 1 is 1.41 bits per heavy atom. The normalized spacial score (nSPS) is 11.2. The van der Waals surface area contributed by atoms with Crippen molar-refractivity contribution >= 4 is 22.8 Å². The van der Waals surface area contributed by atoms with Crippen LogP contribution in [0.25, 0.3) is 11.1 Å². The maximum absolute atomic E-state index is 5.81. The Bertz CT molecular complexity index is 490. The topological polar surface area (TPSA) is 64.1 Å². The van der Waals surface area contributed by atoms with E-state index in [0.29, 0.717) is 11.7 Å². The molecule has 0 radical (unpaired) electrons. The first-order chi connectivity index (χ1) is 8.16. The summed E-state index contributed by atoms with van der Waals surface area (Å²) in [6, 6.07) is 6.12. The van der Waals surface area contributed by atoms with Crippen molar-refractivity contribution < 1.29 is 4.42 Å². The summed E-state index contributed by atoms with van der Waals surface area (Å²) < 4.78 is 5.55. The number of benzene rings is 1. The van der Waals surface area contributed by atoms with E-state index in [0.717, 1.165) is 30.0 Å². The third-order valence-electron chi connectivity index (χ3n) is 2.68. The summed E-state index contributed by atoms with van der Waals surface area (Å²) in [5, 5.41) is 3.18. The van der Waals surface area contributed by atoms with Crippen molar-refractivity contribution in [2.45, 2.75) is 26.7 Å². The van der Waals surface area contributed by atoms with E-state index in [1.54, 1.807) is 0 Å². The van der Waals surface area contributed by atoms with Crippen molar-refractivity contribution in [1.82, 2.24) is 4.98 Å². The average Bonchev–Trinajstić information content (AvgIpc) is 2.69. The summed E-state index contributed by atoms with van der Waals surface area (Å²) in [4.78, 5) is 4.33. The summed E-state index contributed by atoms with van der Waals surface area (Å²) >= 11 is 0. The van der Waals surface area contributed by atoms with Gasteiger partial charge >= 0.3 is 0 Å². The fourth-order valence-electron chi connectivity index (χ4n) is 1.75. The van der Waals surface area contributed by atoms with Gasteiger partial charge in [-0.1, -0.05) is 19.9 Å². The summed E-state index contributed by atoms with van der Waals surface area (Å²) in [5.41, 5.74) is 7.94. The maximum atomic E-state index is 5.81. The highest BCUT2D eigenvalue weighted by Gasteiger charge is 2.07. The van der Waals surface area contributed by atoms with E-state index in [9.17, 15) is 0 Å². The number of fused-ring (bicyclic) bond motifs is 1. The van der Waals surface area contributed by atoms with Crippen molar-refractivity contribution in [2.24, 2.45) is 5.92 Å². The van der Waals surface area contributed by atoms with Crippen LogP contribution in [0, 0.1) is 5.92 Å². The van der Waals surface area contributed by atoms with Crippen molar-refractivity contribution in [3.63, 3.8) is 0 Å². The summed E-state index contributed by atoms with van der Waals surface area (Å²) in [6.45, 7) is 5.32. The van der Waals surface area contributed by atoms with Crippen LogP contribution in [0.5, 0.6) is 0 Å². The van der Waals surface area contributed by atoms with Crippen LogP contribution in [0.2, 0.25) is 0 Å². The zero-order valence-electron chi connectivity index (χ0n) is 10.4. The second-order valence-corrected chi connectivity index (χ2v) is 4.68. The smallest absolute Gasteiger partial charge is 0.295 e. The summed E-state index contributed by atoms with van der Waals surface area (Å²) in [5.74, 6) is 0.732. The minimum absolute atomic E-state index is 0.557. The molecule has 0 aliphatic heterocycles. The van der Waals surface area contributed by atoms with Crippen LogP contribution < -0.4 is 11.1 Å². The van der Waals surface area contributed by atoms with Crippen molar-refractivity contribution in [3.8, 4) is 0 Å². The fourth-order valence-corrected chi connectivity index (χ4v) is 1.75. The molecule has 17 heavy (non-hydrogen) atoms. The molecular formula is C13H19N3O. The molecule has 0 aliphatic rings. The van der Waals surface area contributed by atoms with Gasteiger partial charge in [-0.3, -0.25) is 0 Å². The molecule has 92 valence electrons. The predicted octanol–water partition coefficient (Wildman–Crippen LogP) is 3.26. The number of nitrogen functional groups attached to an aromatic ring is 1. The minimum atomic E-state index is 0.557. The minimum Gasteiger partial charge on any atom is -0.423 e. The van der Waals surface area contributed by atoms with Gasteiger partial charge in [-0.25, -0.2) is 0 Å². The molecule has 0 unspecified atom stereocenters. The number of nitrogens with two attached hydrogens (primary N) is 1. The zero-order valence-corrected chi connectivity index (χ0v) is 10.4. The zero-order chi connectivity index (χ0) is 12.3. The van der Waals surface area contributed by atoms with Crippen LogP contribution in [-0.2, 0) is 0 Å². The van der Waals surface area contributed by atoms with Gasteiger partial charge in [0.1, 0.15) is 5.52 Å². The van der Waals surface area contributed by atoms with Crippen LogP contribution in [0.1, 0.15) is 26.7 Å². The predicted molar refractivity (Wildman–Crippen MR) is 71.0 cm³/mol. The molecule has 4 nitrogen and oxygen atoms in total. The molecule has 3 N–H and O–H groups in total. The van der Waals surface area contributed by atoms with E-state index in [4.69, 9.17) is 10.2 Å². The van der Waals surface area contributed by atoms with Gasteiger partial charge in [0.05, 0.1) is 5.69 Å². The van der Waals surface area contributed by atoms with Gasteiger partial charge in [0.2, 0.25) is 0 Å². The van der Waals surface area contributed by atoms with Crippen molar-refractivity contribution in [1.29, 1.82) is 0 Å². The van der Waals surface area contributed by atoms with E-state index in [1.807, 2.05) is 18.2 Å². The number of hydrogen-bond acceptors (Lipinski definition) is 4. The molecule has 1 aromatic heterocycles. The summed E-state index contributed by atoms with van der Waals surface area (Å²) in [7, 11) is 0. The maximum Gasteiger partial charge on any atom is 0.295 e. The second kappa shape index (κ2) is 5.08. The molecule has 1 aromatic carbocycles. The van der Waals surface area contributed by atoms with Crippen LogP contribution >= 0.6 is 0 Å². The number of hydrogen-bond donors (Lipinski definition) is 2. The highest BCUT2D eigenvalue weighted by Crippen LogP contribution is 2.23. The monoisotopic (exact) mass is 233 g/mol. The Morgan fingerprint density at radius 3 is 2.94 bits per heavy atom.